The quantitative estimate of drug-likeness (QED) is 0.794. The van der Waals surface area contributed by atoms with E-state index in [1.165, 1.54) is 25.9 Å². The summed E-state index contributed by atoms with van der Waals surface area (Å²) in [6.45, 7) is 4.12. The number of nitrogens with zero attached hydrogens (tertiary/aromatic N) is 1. The number of rotatable bonds is 6. The lowest BCUT2D eigenvalue weighted by Crippen LogP contribution is -2.25. The van der Waals surface area contributed by atoms with Crippen molar-refractivity contribution in [3.05, 3.63) is 42.5 Å². The Morgan fingerprint density at radius 1 is 1.00 bits per heavy atom. The van der Waals surface area contributed by atoms with Crippen LogP contribution in [-0.2, 0) is 0 Å². The summed E-state index contributed by atoms with van der Waals surface area (Å²) in [7, 11) is 0. The smallest absolute Gasteiger partial charge is 0.133 e. The van der Waals surface area contributed by atoms with Crippen LogP contribution < -0.4 is 16.2 Å². The van der Waals surface area contributed by atoms with Gasteiger partial charge in [-0.05, 0) is 56.3 Å². The molecule has 0 atom stereocenters. The van der Waals surface area contributed by atoms with Gasteiger partial charge in [0.15, 0.2) is 0 Å². The van der Waals surface area contributed by atoms with E-state index in [0.717, 1.165) is 28.7 Å². The lowest BCUT2D eigenvalue weighted by atomic mass is 10.3. The van der Waals surface area contributed by atoms with Crippen LogP contribution in [0.3, 0.4) is 0 Å². The summed E-state index contributed by atoms with van der Waals surface area (Å²) < 4.78 is 6.01. The molecule has 0 aromatic heterocycles. The molecule has 122 valence electrons. The van der Waals surface area contributed by atoms with Crippen LogP contribution in [0.4, 0.5) is 11.4 Å². The van der Waals surface area contributed by atoms with Gasteiger partial charge in [0.2, 0.25) is 0 Å². The molecule has 1 fully saturated rings. The van der Waals surface area contributed by atoms with E-state index in [0.29, 0.717) is 11.4 Å². The predicted molar refractivity (Wildman–Crippen MR) is 97.0 cm³/mol. The van der Waals surface area contributed by atoms with Gasteiger partial charge in [-0.1, -0.05) is 23.9 Å². The van der Waals surface area contributed by atoms with E-state index in [-0.39, 0.29) is 0 Å². The van der Waals surface area contributed by atoms with E-state index >= 15 is 0 Å². The first kappa shape index (κ1) is 16.0. The summed E-state index contributed by atoms with van der Waals surface area (Å²) in [6, 6.07) is 13.9. The van der Waals surface area contributed by atoms with Gasteiger partial charge in [-0.25, -0.2) is 0 Å². The summed E-state index contributed by atoms with van der Waals surface area (Å²) in [6.07, 6.45) is 2.62. The van der Waals surface area contributed by atoms with Crippen LogP contribution in [0, 0.1) is 0 Å². The summed E-state index contributed by atoms with van der Waals surface area (Å²) in [4.78, 5) is 4.61. The van der Waals surface area contributed by atoms with Gasteiger partial charge in [-0.3, -0.25) is 4.90 Å². The molecular formula is C18H23N3OS. The highest BCUT2D eigenvalue weighted by molar-refractivity contribution is 7.99. The van der Waals surface area contributed by atoms with Crippen LogP contribution in [0.5, 0.6) is 5.75 Å². The third kappa shape index (κ3) is 4.33. The van der Waals surface area contributed by atoms with E-state index in [1.807, 2.05) is 36.4 Å². The van der Waals surface area contributed by atoms with Gasteiger partial charge in [0.1, 0.15) is 12.4 Å². The first-order valence-corrected chi connectivity index (χ1v) is 8.81. The van der Waals surface area contributed by atoms with Crippen molar-refractivity contribution in [3.63, 3.8) is 0 Å². The molecule has 1 saturated heterocycles. The summed E-state index contributed by atoms with van der Waals surface area (Å²) >= 11 is 1.65. The summed E-state index contributed by atoms with van der Waals surface area (Å²) in [5.74, 6) is 0.923. The van der Waals surface area contributed by atoms with Crippen LogP contribution >= 0.6 is 11.8 Å². The Balaban J connectivity index is 1.63. The average molecular weight is 329 g/mol. The molecule has 0 radical (unpaired) electrons. The maximum Gasteiger partial charge on any atom is 0.133 e. The van der Waals surface area contributed by atoms with Gasteiger partial charge in [-0.15, -0.1) is 0 Å². The summed E-state index contributed by atoms with van der Waals surface area (Å²) in [5, 5.41) is 0. The zero-order valence-corrected chi connectivity index (χ0v) is 14.0. The largest absolute Gasteiger partial charge is 0.491 e. The summed E-state index contributed by atoms with van der Waals surface area (Å²) in [5.41, 5.74) is 12.9. The molecule has 23 heavy (non-hydrogen) atoms. The second-order valence-electron chi connectivity index (χ2n) is 5.74. The number of anilines is 2. The molecule has 0 spiro atoms. The fourth-order valence-electron chi connectivity index (χ4n) is 2.69. The highest BCUT2D eigenvalue weighted by atomic mass is 32.2. The van der Waals surface area contributed by atoms with E-state index < -0.39 is 0 Å². The van der Waals surface area contributed by atoms with Crippen LogP contribution in [0.25, 0.3) is 0 Å². The maximum absolute atomic E-state index is 6.01. The van der Waals surface area contributed by atoms with E-state index in [9.17, 15) is 0 Å². The third-order valence-corrected chi connectivity index (χ3v) is 5.05. The molecule has 0 amide bonds. The van der Waals surface area contributed by atoms with Gasteiger partial charge < -0.3 is 16.2 Å². The number of likely N-dealkylation sites (tertiary alicyclic amines) is 1. The number of hydrogen-bond acceptors (Lipinski definition) is 5. The number of nitrogen functional groups attached to an aromatic ring is 2. The van der Waals surface area contributed by atoms with Crippen molar-refractivity contribution in [1.82, 2.24) is 4.90 Å². The van der Waals surface area contributed by atoms with Crippen LogP contribution in [0.1, 0.15) is 12.8 Å². The first-order chi connectivity index (χ1) is 11.2. The number of ether oxygens (including phenoxy) is 1. The molecule has 0 unspecified atom stereocenters. The van der Waals surface area contributed by atoms with Crippen molar-refractivity contribution in [2.75, 3.05) is 37.7 Å². The second kappa shape index (κ2) is 7.62. The molecule has 2 aromatic rings. The van der Waals surface area contributed by atoms with E-state index in [1.54, 1.807) is 11.8 Å². The molecule has 5 heteroatoms. The zero-order valence-electron chi connectivity index (χ0n) is 13.2. The maximum atomic E-state index is 6.01. The lowest BCUT2D eigenvalue weighted by Gasteiger charge is -2.16. The van der Waals surface area contributed by atoms with Crippen molar-refractivity contribution in [1.29, 1.82) is 0 Å². The fraction of sp³-hybridized carbons (Fsp3) is 0.333. The predicted octanol–water partition coefficient (Wildman–Crippen LogP) is 3.48. The number of nitrogens with two attached hydrogens (primary N) is 2. The molecular weight excluding hydrogens is 306 g/mol. The minimum Gasteiger partial charge on any atom is -0.491 e. The highest BCUT2D eigenvalue weighted by Crippen LogP contribution is 2.36. The Morgan fingerprint density at radius 3 is 2.57 bits per heavy atom. The van der Waals surface area contributed by atoms with Gasteiger partial charge >= 0.3 is 0 Å². The molecule has 1 heterocycles. The molecule has 0 bridgehead atoms. The highest BCUT2D eigenvalue weighted by Gasteiger charge is 2.12. The van der Waals surface area contributed by atoms with Crippen LogP contribution in [-0.4, -0.2) is 31.1 Å². The van der Waals surface area contributed by atoms with Gasteiger partial charge in [0, 0.05) is 11.4 Å². The Bertz CT molecular complexity index is 656. The molecule has 1 aliphatic heterocycles. The molecule has 4 N–H and O–H groups in total. The fourth-order valence-corrected chi connectivity index (χ4v) is 3.64. The van der Waals surface area contributed by atoms with E-state index in [4.69, 9.17) is 16.2 Å². The van der Waals surface area contributed by atoms with E-state index in [2.05, 4.69) is 11.0 Å². The molecule has 1 aliphatic rings. The lowest BCUT2D eigenvalue weighted by molar-refractivity contribution is 0.234. The monoisotopic (exact) mass is 329 g/mol. The first-order valence-electron chi connectivity index (χ1n) is 7.99. The molecule has 0 saturated carbocycles. The minimum absolute atomic E-state index is 0.613. The van der Waals surface area contributed by atoms with Gasteiger partial charge in [0.05, 0.1) is 16.3 Å². The van der Waals surface area contributed by atoms with Crippen molar-refractivity contribution in [2.45, 2.75) is 22.6 Å². The Labute approximate surface area is 141 Å². The van der Waals surface area contributed by atoms with Crippen LogP contribution in [0.15, 0.2) is 52.3 Å². The molecule has 4 nitrogen and oxygen atoms in total. The number of benzene rings is 2. The van der Waals surface area contributed by atoms with Crippen molar-refractivity contribution < 1.29 is 4.74 Å². The number of hydrogen-bond donors (Lipinski definition) is 2. The Morgan fingerprint density at radius 2 is 1.78 bits per heavy atom. The molecule has 2 aromatic carbocycles. The van der Waals surface area contributed by atoms with Crippen LogP contribution in [0.2, 0.25) is 0 Å². The minimum atomic E-state index is 0.613. The topological polar surface area (TPSA) is 64.5 Å². The zero-order chi connectivity index (χ0) is 16.1. The van der Waals surface area contributed by atoms with Crippen molar-refractivity contribution >= 4 is 23.1 Å². The Hall–Kier alpha value is -1.85. The molecule has 0 aliphatic carbocycles. The molecule has 3 rings (SSSR count). The van der Waals surface area contributed by atoms with Crippen molar-refractivity contribution in [3.8, 4) is 5.75 Å². The Kier molecular flexibility index (Phi) is 5.31. The third-order valence-electron chi connectivity index (χ3n) is 4.00. The SMILES string of the molecule is Nc1ccc(Sc2ccccc2OCCN2CCCC2)cc1N. The van der Waals surface area contributed by atoms with Gasteiger partial charge in [-0.2, -0.15) is 0 Å². The normalized spacial score (nSPS) is 15.0. The average Bonchev–Trinajstić information content (AvgIpc) is 3.06. The second-order valence-corrected chi connectivity index (χ2v) is 6.85. The van der Waals surface area contributed by atoms with Gasteiger partial charge in [0.25, 0.3) is 0 Å². The van der Waals surface area contributed by atoms with Crippen molar-refractivity contribution in [2.24, 2.45) is 0 Å². The number of para-hydroxylation sites is 1. The standard InChI is InChI=1S/C18H23N3OS/c19-15-8-7-14(13-16(15)20)23-18-6-2-1-5-17(18)22-12-11-21-9-3-4-10-21/h1-2,5-8,13H,3-4,9-12,19-20H2.